The Bertz CT molecular complexity index is 863. The second kappa shape index (κ2) is 6.37. The fourth-order valence-corrected chi connectivity index (χ4v) is 4.07. The lowest BCUT2D eigenvalue weighted by atomic mass is 10.1. The van der Waals surface area contributed by atoms with Crippen LogP contribution in [0.2, 0.25) is 0 Å². The molecule has 2 aromatic carbocycles. The van der Waals surface area contributed by atoms with Crippen molar-refractivity contribution in [2.45, 2.75) is 37.1 Å². The van der Waals surface area contributed by atoms with E-state index in [0.717, 1.165) is 17.5 Å². The Morgan fingerprint density at radius 1 is 1.12 bits per heavy atom. The van der Waals surface area contributed by atoms with E-state index in [1.807, 2.05) is 37.3 Å². The summed E-state index contributed by atoms with van der Waals surface area (Å²) in [5.41, 5.74) is 2.48. The number of hydrogen-bond acceptors (Lipinski definition) is 3. The fraction of sp³-hybridized carbons (Fsp3) is 0.278. The van der Waals surface area contributed by atoms with E-state index in [0.29, 0.717) is 5.69 Å². The molecule has 1 aliphatic rings. The Labute approximate surface area is 142 Å². The van der Waals surface area contributed by atoms with E-state index in [1.54, 1.807) is 12.1 Å². The van der Waals surface area contributed by atoms with Crippen LogP contribution in [0.4, 0.5) is 5.69 Å². The highest BCUT2D eigenvalue weighted by molar-refractivity contribution is 7.89. The Kier molecular flexibility index (Phi) is 4.43. The molecular weight excluding hydrogens is 324 g/mol. The van der Waals surface area contributed by atoms with Gasteiger partial charge in [-0.25, -0.2) is 13.1 Å². The summed E-state index contributed by atoms with van der Waals surface area (Å²) in [7, 11) is -3.61. The molecule has 2 atom stereocenters. The molecule has 0 heterocycles. The minimum Gasteiger partial charge on any atom is -0.326 e. The largest absolute Gasteiger partial charge is 0.326 e. The molecule has 0 radical (unpaired) electrons. The second-order valence-corrected chi connectivity index (χ2v) is 7.85. The Balaban J connectivity index is 1.76. The lowest BCUT2D eigenvalue weighted by molar-refractivity contribution is -0.114. The van der Waals surface area contributed by atoms with Gasteiger partial charge in [-0.2, -0.15) is 0 Å². The van der Waals surface area contributed by atoms with Gasteiger partial charge in [0, 0.05) is 24.6 Å². The van der Waals surface area contributed by atoms with Crippen LogP contribution in [0, 0.1) is 6.92 Å². The number of hydrogen-bond donors (Lipinski definition) is 2. The number of carbonyl (C=O) groups excluding carboxylic acids is 1. The molecule has 1 aliphatic carbocycles. The third kappa shape index (κ3) is 3.66. The van der Waals surface area contributed by atoms with Crippen molar-refractivity contribution in [3.8, 4) is 0 Å². The van der Waals surface area contributed by atoms with Crippen molar-refractivity contribution in [1.82, 2.24) is 4.72 Å². The van der Waals surface area contributed by atoms with E-state index in [9.17, 15) is 13.2 Å². The smallest absolute Gasteiger partial charge is 0.240 e. The van der Waals surface area contributed by atoms with E-state index >= 15 is 0 Å². The molecule has 2 aromatic rings. The third-order valence-corrected chi connectivity index (χ3v) is 5.64. The molecule has 0 aliphatic heterocycles. The summed E-state index contributed by atoms with van der Waals surface area (Å²) in [6, 6.07) is 14.6. The zero-order chi connectivity index (χ0) is 17.3. The van der Waals surface area contributed by atoms with E-state index in [1.165, 1.54) is 13.0 Å². The molecule has 1 amide bonds. The maximum absolute atomic E-state index is 12.6. The van der Waals surface area contributed by atoms with Crippen molar-refractivity contribution in [1.29, 1.82) is 0 Å². The number of anilines is 1. The fourth-order valence-electron chi connectivity index (χ4n) is 2.75. The molecule has 1 saturated carbocycles. The number of benzene rings is 2. The molecular formula is C18H20N2O3S. The first-order valence-corrected chi connectivity index (χ1v) is 9.30. The number of aryl methyl sites for hydroxylation is 1. The molecule has 24 heavy (non-hydrogen) atoms. The van der Waals surface area contributed by atoms with Crippen LogP contribution >= 0.6 is 0 Å². The normalized spacial score (nSPS) is 19.8. The zero-order valence-corrected chi connectivity index (χ0v) is 14.4. The van der Waals surface area contributed by atoms with E-state index in [4.69, 9.17) is 0 Å². The first kappa shape index (κ1) is 16.7. The Morgan fingerprint density at radius 2 is 1.83 bits per heavy atom. The van der Waals surface area contributed by atoms with Crippen molar-refractivity contribution in [3.63, 3.8) is 0 Å². The van der Waals surface area contributed by atoms with Crippen LogP contribution in [0.5, 0.6) is 0 Å². The maximum Gasteiger partial charge on any atom is 0.240 e. The van der Waals surface area contributed by atoms with Gasteiger partial charge in [-0.1, -0.05) is 36.4 Å². The molecule has 0 spiro atoms. The molecule has 126 valence electrons. The molecule has 1 fully saturated rings. The Morgan fingerprint density at radius 3 is 2.50 bits per heavy atom. The summed E-state index contributed by atoms with van der Waals surface area (Å²) in [4.78, 5) is 11.4. The first-order chi connectivity index (χ1) is 11.4. The topological polar surface area (TPSA) is 75.3 Å². The highest BCUT2D eigenvalue weighted by Gasteiger charge is 2.41. The van der Waals surface area contributed by atoms with Gasteiger partial charge in [-0.15, -0.1) is 0 Å². The number of carbonyl (C=O) groups is 1. The maximum atomic E-state index is 12.6. The Hall–Kier alpha value is -2.18. The summed E-state index contributed by atoms with van der Waals surface area (Å²) in [5.74, 6) is -0.00631. The lowest BCUT2D eigenvalue weighted by Gasteiger charge is -2.11. The van der Waals surface area contributed by atoms with Crippen LogP contribution in [-0.2, 0) is 14.8 Å². The predicted octanol–water partition coefficient (Wildman–Crippen LogP) is 2.79. The van der Waals surface area contributed by atoms with Gasteiger partial charge in [-0.3, -0.25) is 4.79 Å². The van der Waals surface area contributed by atoms with E-state index in [-0.39, 0.29) is 22.8 Å². The molecule has 3 rings (SSSR count). The third-order valence-electron chi connectivity index (χ3n) is 4.15. The molecule has 0 bridgehead atoms. The molecule has 6 heteroatoms. The van der Waals surface area contributed by atoms with Crippen molar-refractivity contribution in [2.24, 2.45) is 0 Å². The van der Waals surface area contributed by atoms with Gasteiger partial charge in [0.05, 0.1) is 4.90 Å². The van der Waals surface area contributed by atoms with Crippen LogP contribution in [0.1, 0.15) is 30.4 Å². The van der Waals surface area contributed by atoms with Crippen LogP contribution in [-0.4, -0.2) is 20.4 Å². The first-order valence-electron chi connectivity index (χ1n) is 7.82. The number of amides is 1. The van der Waals surface area contributed by atoms with Crippen LogP contribution in [0.25, 0.3) is 0 Å². The average molecular weight is 344 g/mol. The highest BCUT2D eigenvalue weighted by Crippen LogP contribution is 2.41. The van der Waals surface area contributed by atoms with Gasteiger partial charge in [-0.05, 0) is 36.6 Å². The summed E-state index contributed by atoms with van der Waals surface area (Å²) < 4.78 is 27.9. The van der Waals surface area contributed by atoms with Crippen molar-refractivity contribution in [3.05, 3.63) is 59.7 Å². The van der Waals surface area contributed by atoms with Crippen molar-refractivity contribution in [2.75, 3.05) is 5.32 Å². The summed E-state index contributed by atoms with van der Waals surface area (Å²) in [6.45, 7) is 3.22. The van der Waals surface area contributed by atoms with Gasteiger partial charge >= 0.3 is 0 Å². The second-order valence-electron chi connectivity index (χ2n) is 6.14. The molecule has 5 nitrogen and oxygen atoms in total. The minimum atomic E-state index is -3.61. The summed E-state index contributed by atoms with van der Waals surface area (Å²) in [6.07, 6.45) is 0.799. The molecule has 0 aromatic heterocycles. The number of rotatable bonds is 5. The predicted molar refractivity (Wildman–Crippen MR) is 93.4 cm³/mol. The quantitative estimate of drug-likeness (QED) is 0.876. The molecule has 2 N–H and O–H groups in total. The highest BCUT2D eigenvalue weighted by atomic mass is 32.2. The molecule has 0 unspecified atom stereocenters. The lowest BCUT2D eigenvalue weighted by Crippen LogP contribution is -2.27. The van der Waals surface area contributed by atoms with Gasteiger partial charge in [0.15, 0.2) is 0 Å². The van der Waals surface area contributed by atoms with Gasteiger partial charge in [0.25, 0.3) is 0 Å². The minimum absolute atomic E-state index is 0.0806. The monoisotopic (exact) mass is 344 g/mol. The zero-order valence-electron chi connectivity index (χ0n) is 13.6. The van der Waals surface area contributed by atoms with Gasteiger partial charge in [0.1, 0.15) is 0 Å². The van der Waals surface area contributed by atoms with Crippen molar-refractivity contribution >= 4 is 21.6 Å². The van der Waals surface area contributed by atoms with Crippen molar-refractivity contribution < 1.29 is 13.2 Å². The van der Waals surface area contributed by atoms with Crippen LogP contribution in [0.3, 0.4) is 0 Å². The van der Waals surface area contributed by atoms with Crippen LogP contribution < -0.4 is 10.0 Å². The SMILES string of the molecule is CC(=O)Nc1cc(S(=O)(=O)N[C@H]2C[C@@H]2c2ccccc2)ccc1C. The standard InChI is InChI=1S/C18H20N2O3S/c1-12-8-9-15(10-17(12)19-13(2)21)24(22,23)20-18-11-16(18)14-6-4-3-5-7-14/h3-10,16,18,20H,11H2,1-2H3,(H,19,21)/t16-,18+/m1/s1. The summed E-state index contributed by atoms with van der Waals surface area (Å²) >= 11 is 0. The number of sulfonamides is 1. The summed E-state index contributed by atoms with van der Waals surface area (Å²) in [5, 5.41) is 2.66. The van der Waals surface area contributed by atoms with Crippen LogP contribution in [0.15, 0.2) is 53.4 Å². The van der Waals surface area contributed by atoms with E-state index in [2.05, 4.69) is 10.0 Å². The molecule has 0 saturated heterocycles. The van der Waals surface area contributed by atoms with E-state index < -0.39 is 10.0 Å². The average Bonchev–Trinajstić information content (AvgIpc) is 3.28. The van der Waals surface area contributed by atoms with Gasteiger partial charge in [0.2, 0.25) is 15.9 Å². The number of nitrogens with one attached hydrogen (secondary N) is 2. The van der Waals surface area contributed by atoms with Gasteiger partial charge < -0.3 is 5.32 Å².